The Morgan fingerprint density at radius 1 is 1.13 bits per heavy atom. The molecule has 0 amide bonds. The van der Waals surface area contributed by atoms with Gasteiger partial charge >= 0.3 is 0 Å². The third-order valence-electron chi connectivity index (χ3n) is 8.51. The maximum absolute atomic E-state index is 10.1. The molecule has 0 bridgehead atoms. The molecule has 0 aromatic rings. The van der Waals surface area contributed by atoms with Gasteiger partial charge in [0.2, 0.25) is 0 Å². The first-order chi connectivity index (χ1) is 14.0. The molecule has 3 fully saturated rings. The minimum Gasteiger partial charge on any atom is -0.393 e. The van der Waals surface area contributed by atoms with Crippen LogP contribution in [0.2, 0.25) is 0 Å². The minimum atomic E-state index is -1.99. The van der Waals surface area contributed by atoms with E-state index in [1.807, 2.05) is 6.08 Å². The van der Waals surface area contributed by atoms with Gasteiger partial charge in [0.05, 0.1) is 6.10 Å². The van der Waals surface area contributed by atoms with Crippen LogP contribution in [0.5, 0.6) is 0 Å². The van der Waals surface area contributed by atoms with E-state index in [2.05, 4.69) is 40.3 Å². The molecule has 3 aliphatic carbocycles. The van der Waals surface area contributed by atoms with Crippen molar-refractivity contribution in [1.29, 1.82) is 0 Å². The number of rotatable bonds is 6. The lowest BCUT2D eigenvalue weighted by Gasteiger charge is -2.44. The monoisotopic (exact) mass is 416 g/mol. The lowest BCUT2D eigenvalue weighted by Crippen LogP contribution is -2.40. The molecule has 3 nitrogen and oxygen atoms in total. The van der Waals surface area contributed by atoms with E-state index in [9.17, 15) is 15.3 Å². The summed E-state index contributed by atoms with van der Waals surface area (Å²) in [6.07, 6.45) is 14.2. The van der Waals surface area contributed by atoms with Crippen molar-refractivity contribution in [1.82, 2.24) is 0 Å². The predicted octanol–water partition coefficient (Wildman–Crippen LogP) is 5.91. The first kappa shape index (κ1) is 23.8. The van der Waals surface area contributed by atoms with Crippen molar-refractivity contribution in [3.8, 4) is 0 Å². The molecule has 0 aliphatic heterocycles. The highest BCUT2D eigenvalue weighted by Crippen LogP contribution is 2.60. The summed E-state index contributed by atoms with van der Waals surface area (Å²) in [7, 11) is 0. The number of allylic oxidation sites excluding steroid dienone is 3. The molecule has 30 heavy (non-hydrogen) atoms. The second-order valence-electron chi connectivity index (χ2n) is 11.2. The number of hydrogen-bond acceptors (Lipinski definition) is 3. The summed E-state index contributed by atoms with van der Waals surface area (Å²) < 4.78 is 0. The van der Waals surface area contributed by atoms with E-state index in [1.165, 1.54) is 50.5 Å². The van der Waals surface area contributed by atoms with Crippen molar-refractivity contribution >= 4 is 0 Å². The van der Waals surface area contributed by atoms with Crippen molar-refractivity contribution in [2.45, 2.75) is 104 Å². The van der Waals surface area contributed by atoms with Gasteiger partial charge in [-0.3, -0.25) is 0 Å². The summed E-state index contributed by atoms with van der Waals surface area (Å²) >= 11 is 0. The van der Waals surface area contributed by atoms with Gasteiger partial charge in [-0.25, -0.2) is 0 Å². The Balaban J connectivity index is 1.74. The first-order valence-electron chi connectivity index (χ1n) is 12.3. The molecule has 3 aliphatic rings. The summed E-state index contributed by atoms with van der Waals surface area (Å²) in [6, 6.07) is 0. The topological polar surface area (TPSA) is 60.7 Å². The number of aliphatic hydroxyl groups excluding tert-OH is 1. The van der Waals surface area contributed by atoms with E-state index < -0.39 is 11.9 Å². The van der Waals surface area contributed by atoms with Gasteiger partial charge in [-0.1, -0.05) is 71.3 Å². The van der Waals surface area contributed by atoms with Crippen LogP contribution in [0.1, 0.15) is 91.9 Å². The highest BCUT2D eigenvalue weighted by atomic mass is 16.5. The molecule has 170 valence electrons. The van der Waals surface area contributed by atoms with Gasteiger partial charge in [0.1, 0.15) is 0 Å². The van der Waals surface area contributed by atoms with Crippen LogP contribution in [0.3, 0.4) is 0 Å². The maximum Gasteiger partial charge on any atom is 0.191 e. The van der Waals surface area contributed by atoms with Gasteiger partial charge in [-0.15, -0.1) is 0 Å². The normalized spacial score (nSPS) is 37.7. The number of fused-ring (bicyclic) bond motifs is 1. The molecule has 0 aromatic carbocycles. The Hall–Kier alpha value is -0.900. The van der Waals surface area contributed by atoms with E-state index in [1.54, 1.807) is 0 Å². The van der Waals surface area contributed by atoms with Crippen molar-refractivity contribution in [3.05, 3.63) is 35.5 Å². The zero-order valence-corrected chi connectivity index (χ0v) is 19.7. The average Bonchev–Trinajstić information content (AvgIpc) is 3.00. The minimum absolute atomic E-state index is 0.0587. The molecule has 3 N–H and O–H groups in total. The second kappa shape index (κ2) is 9.30. The van der Waals surface area contributed by atoms with Crippen LogP contribution in [0, 0.1) is 29.1 Å². The Bertz CT molecular complexity index is 686. The van der Waals surface area contributed by atoms with Crippen molar-refractivity contribution < 1.29 is 15.3 Å². The average molecular weight is 417 g/mol. The fourth-order valence-electron chi connectivity index (χ4n) is 6.80. The van der Waals surface area contributed by atoms with E-state index >= 15 is 0 Å². The Morgan fingerprint density at radius 3 is 2.57 bits per heavy atom. The smallest absolute Gasteiger partial charge is 0.191 e. The molecule has 0 radical (unpaired) electrons. The van der Waals surface area contributed by atoms with Gasteiger partial charge in [0, 0.05) is 12.0 Å². The number of aliphatic hydroxyl groups is 3. The van der Waals surface area contributed by atoms with Crippen molar-refractivity contribution in [2.24, 2.45) is 29.1 Å². The number of hydrogen-bond donors (Lipinski definition) is 3. The lowest BCUT2D eigenvalue weighted by atomic mass is 9.60. The Kier molecular flexibility index (Phi) is 7.37. The quantitative estimate of drug-likeness (QED) is 0.472. The highest BCUT2D eigenvalue weighted by molar-refractivity contribution is 5.40. The molecule has 0 unspecified atom stereocenters. The van der Waals surface area contributed by atoms with Gasteiger partial charge in [0.25, 0.3) is 0 Å². The maximum atomic E-state index is 10.1. The largest absolute Gasteiger partial charge is 0.393 e. The standard InChI is InChI=1S/C27H44O3/c1-18(2)8-6-9-19(3)24-13-14-25-21(10-7-15-26(24,25)5)11-12-22-16-23(28)17-27(29,30)20(22)4/h11-12,18-19,23-25,28-30H,4,6-10,13-17H2,1-3,5H3/b21-11+,22-12-/t19-,23-,24-,25+,26-/m1/s1. The molecular formula is C27H44O3. The van der Waals surface area contributed by atoms with Crippen LogP contribution in [0.15, 0.2) is 35.5 Å². The SMILES string of the molecule is C=C1/C(=C\C=C2/CCC[C@]3(C)[C@@H]([C@H](C)CCCC(C)C)CC[C@@H]23)C[C@@H](O)CC1(O)O. The van der Waals surface area contributed by atoms with Crippen LogP contribution in [0.25, 0.3) is 0 Å². The summed E-state index contributed by atoms with van der Waals surface area (Å²) in [6.45, 7) is 13.5. The molecule has 0 saturated heterocycles. The van der Waals surface area contributed by atoms with Gasteiger partial charge < -0.3 is 15.3 Å². The molecule has 3 heteroatoms. The van der Waals surface area contributed by atoms with Gasteiger partial charge in [-0.2, -0.15) is 0 Å². The van der Waals surface area contributed by atoms with E-state index in [0.717, 1.165) is 29.7 Å². The Labute approximate surface area is 184 Å². The van der Waals surface area contributed by atoms with Crippen LogP contribution in [0.4, 0.5) is 0 Å². The lowest BCUT2D eigenvalue weighted by molar-refractivity contribution is -0.155. The fourth-order valence-corrected chi connectivity index (χ4v) is 6.80. The van der Waals surface area contributed by atoms with Gasteiger partial charge in [-0.05, 0) is 73.2 Å². The summed E-state index contributed by atoms with van der Waals surface area (Å²) in [5, 5.41) is 30.3. The third kappa shape index (κ3) is 4.95. The van der Waals surface area contributed by atoms with E-state index in [-0.39, 0.29) is 6.42 Å². The molecule has 0 spiro atoms. The zero-order chi connectivity index (χ0) is 22.1. The molecule has 3 rings (SSSR count). The first-order valence-corrected chi connectivity index (χ1v) is 12.3. The Morgan fingerprint density at radius 2 is 1.87 bits per heavy atom. The summed E-state index contributed by atoms with van der Waals surface area (Å²) in [5.41, 5.74) is 3.02. The van der Waals surface area contributed by atoms with Crippen LogP contribution < -0.4 is 0 Å². The zero-order valence-electron chi connectivity index (χ0n) is 19.7. The van der Waals surface area contributed by atoms with Crippen molar-refractivity contribution in [2.75, 3.05) is 0 Å². The van der Waals surface area contributed by atoms with E-state index in [4.69, 9.17) is 0 Å². The van der Waals surface area contributed by atoms with Crippen LogP contribution in [-0.4, -0.2) is 27.2 Å². The van der Waals surface area contributed by atoms with Crippen LogP contribution >= 0.6 is 0 Å². The van der Waals surface area contributed by atoms with Crippen molar-refractivity contribution in [3.63, 3.8) is 0 Å². The summed E-state index contributed by atoms with van der Waals surface area (Å²) in [5.74, 6) is 1.03. The fraction of sp³-hybridized carbons (Fsp3) is 0.778. The molecule has 3 saturated carbocycles. The van der Waals surface area contributed by atoms with Crippen LogP contribution in [-0.2, 0) is 0 Å². The summed E-state index contributed by atoms with van der Waals surface area (Å²) in [4.78, 5) is 0. The molecule has 0 aromatic heterocycles. The van der Waals surface area contributed by atoms with Gasteiger partial charge in [0.15, 0.2) is 5.79 Å². The molecular weight excluding hydrogens is 372 g/mol. The molecule has 0 heterocycles. The van der Waals surface area contributed by atoms with E-state index in [0.29, 0.717) is 23.3 Å². The third-order valence-corrected chi connectivity index (χ3v) is 8.51. The second-order valence-corrected chi connectivity index (χ2v) is 11.2. The predicted molar refractivity (Wildman–Crippen MR) is 124 cm³/mol. The highest BCUT2D eigenvalue weighted by Gasteiger charge is 2.50. The molecule has 5 atom stereocenters.